The Morgan fingerprint density at radius 2 is 1.97 bits per heavy atom. The first kappa shape index (κ1) is 23.9. The summed E-state index contributed by atoms with van der Waals surface area (Å²) in [5.41, 5.74) is 14.0. The summed E-state index contributed by atoms with van der Waals surface area (Å²) in [6, 6.07) is 15.3. The third-order valence-electron chi connectivity index (χ3n) is 5.38. The van der Waals surface area contributed by atoms with Gasteiger partial charge in [-0.15, -0.1) is 5.10 Å². The number of hydrogen-bond acceptors (Lipinski definition) is 6. The summed E-state index contributed by atoms with van der Waals surface area (Å²) in [7, 11) is 0. The maximum Gasteiger partial charge on any atom is 0.252 e. The number of pyridine rings is 2. The third-order valence-corrected chi connectivity index (χ3v) is 5.67. The second kappa shape index (κ2) is 9.94. The van der Waals surface area contributed by atoms with Crippen molar-refractivity contribution < 1.29 is 9.18 Å². The normalized spacial score (nSPS) is 12.4. The molecule has 8 nitrogen and oxygen atoms in total. The first-order valence-corrected chi connectivity index (χ1v) is 11.1. The van der Waals surface area contributed by atoms with Crippen LogP contribution in [0.3, 0.4) is 0 Å². The Hall–Kier alpha value is -4.24. The molecule has 1 amide bonds. The molecule has 10 heteroatoms. The number of anilines is 1. The van der Waals surface area contributed by atoms with Crippen molar-refractivity contribution in [1.82, 2.24) is 19.7 Å². The zero-order valence-corrected chi connectivity index (χ0v) is 19.8. The highest BCUT2D eigenvalue weighted by Gasteiger charge is 2.19. The van der Waals surface area contributed by atoms with Crippen LogP contribution in [0, 0.1) is 12.7 Å². The van der Waals surface area contributed by atoms with Crippen molar-refractivity contribution in [3.8, 4) is 17.1 Å². The molecule has 0 fully saturated rings. The summed E-state index contributed by atoms with van der Waals surface area (Å²) in [5.74, 6) is -0.109. The quantitative estimate of drug-likeness (QED) is 0.329. The molecule has 0 saturated carbocycles. The minimum atomic E-state index is -0.689. The van der Waals surface area contributed by atoms with Gasteiger partial charge < -0.3 is 16.8 Å². The van der Waals surface area contributed by atoms with Gasteiger partial charge in [0, 0.05) is 35.3 Å². The molecule has 1 unspecified atom stereocenters. The van der Waals surface area contributed by atoms with Crippen LogP contribution >= 0.6 is 11.6 Å². The smallest absolute Gasteiger partial charge is 0.252 e. The number of rotatable bonds is 7. The summed E-state index contributed by atoms with van der Waals surface area (Å²) in [6.07, 6.45) is 2.68. The molecule has 35 heavy (non-hydrogen) atoms. The topological polar surface area (TPSA) is 125 Å². The fraction of sp³-hybridized carbons (Fsp3) is 0.120. The predicted molar refractivity (Wildman–Crippen MR) is 134 cm³/mol. The van der Waals surface area contributed by atoms with Crippen LogP contribution in [-0.4, -0.2) is 25.7 Å². The number of aromatic nitrogens is 4. The molecule has 3 heterocycles. The SMILES string of the molecule is Cc1cccc(-n2nc(NC(C)c3cccc(Cl)c3F)cc2-c2ccnc(C(=CN)C(N)=O)c2)n1. The second-order valence-electron chi connectivity index (χ2n) is 7.85. The molecule has 0 saturated heterocycles. The fourth-order valence-corrected chi connectivity index (χ4v) is 3.85. The molecule has 0 bridgehead atoms. The highest BCUT2D eigenvalue weighted by Crippen LogP contribution is 2.30. The van der Waals surface area contributed by atoms with E-state index < -0.39 is 17.8 Å². The van der Waals surface area contributed by atoms with Gasteiger partial charge in [-0.3, -0.25) is 9.78 Å². The van der Waals surface area contributed by atoms with Gasteiger partial charge in [0.15, 0.2) is 5.82 Å². The van der Waals surface area contributed by atoms with Gasteiger partial charge in [-0.2, -0.15) is 0 Å². The first-order chi connectivity index (χ1) is 16.8. The van der Waals surface area contributed by atoms with Gasteiger partial charge in [-0.05, 0) is 44.2 Å². The molecule has 0 aliphatic carbocycles. The van der Waals surface area contributed by atoms with Gasteiger partial charge in [0.2, 0.25) is 0 Å². The van der Waals surface area contributed by atoms with E-state index in [1.807, 2.05) is 32.0 Å². The Morgan fingerprint density at radius 1 is 1.20 bits per heavy atom. The van der Waals surface area contributed by atoms with Crippen molar-refractivity contribution in [2.24, 2.45) is 11.5 Å². The molecule has 1 atom stereocenters. The summed E-state index contributed by atoms with van der Waals surface area (Å²) >= 11 is 5.96. The van der Waals surface area contributed by atoms with Crippen LogP contribution in [0.4, 0.5) is 10.2 Å². The Kier molecular flexibility index (Phi) is 6.79. The van der Waals surface area contributed by atoms with Crippen molar-refractivity contribution in [3.63, 3.8) is 0 Å². The minimum absolute atomic E-state index is 0.0499. The van der Waals surface area contributed by atoms with E-state index in [1.54, 1.807) is 41.2 Å². The average Bonchev–Trinajstić information content (AvgIpc) is 3.25. The summed E-state index contributed by atoms with van der Waals surface area (Å²) < 4.78 is 16.2. The zero-order valence-electron chi connectivity index (χ0n) is 19.0. The molecule has 4 rings (SSSR count). The number of carbonyl (C=O) groups excluding carboxylic acids is 1. The van der Waals surface area contributed by atoms with Crippen molar-refractivity contribution in [1.29, 1.82) is 0 Å². The van der Waals surface area contributed by atoms with E-state index >= 15 is 0 Å². The molecular weight excluding hydrogens is 469 g/mol. The minimum Gasteiger partial charge on any atom is -0.404 e. The molecular formula is C25H23ClFN7O. The van der Waals surface area contributed by atoms with Crippen LogP contribution < -0.4 is 16.8 Å². The number of hydrogen-bond donors (Lipinski definition) is 3. The van der Waals surface area contributed by atoms with Gasteiger partial charge in [-0.1, -0.05) is 29.8 Å². The van der Waals surface area contributed by atoms with Crippen molar-refractivity contribution >= 4 is 28.9 Å². The van der Waals surface area contributed by atoms with Crippen LogP contribution in [0.2, 0.25) is 5.02 Å². The fourth-order valence-electron chi connectivity index (χ4n) is 3.66. The Balaban J connectivity index is 1.80. The molecule has 0 spiro atoms. The Bertz CT molecular complexity index is 1430. The summed E-state index contributed by atoms with van der Waals surface area (Å²) in [6.45, 7) is 3.69. The standard InChI is InChI=1S/C25H23ClFN7O/c1-14-5-3-8-23(31-14)34-21(16-9-10-30-20(11-16)18(13-28)25(29)35)12-22(33-34)32-15(2)17-6-4-7-19(26)24(17)27/h3-13,15H,28H2,1-2H3,(H2,29,35)(H,32,33). The summed E-state index contributed by atoms with van der Waals surface area (Å²) in [5, 5.41) is 7.96. The number of nitrogens with two attached hydrogens (primary N) is 2. The zero-order chi connectivity index (χ0) is 25.1. The van der Waals surface area contributed by atoms with E-state index in [1.165, 1.54) is 6.07 Å². The number of nitrogens with zero attached hydrogens (tertiary/aromatic N) is 4. The van der Waals surface area contributed by atoms with Crippen LogP contribution in [0.5, 0.6) is 0 Å². The number of primary amides is 1. The molecule has 0 aliphatic heterocycles. The van der Waals surface area contributed by atoms with Crippen molar-refractivity contribution in [2.45, 2.75) is 19.9 Å². The van der Waals surface area contributed by atoms with Crippen molar-refractivity contribution in [3.05, 3.63) is 94.8 Å². The number of carbonyl (C=O) groups is 1. The lowest BCUT2D eigenvalue weighted by Crippen LogP contribution is -2.15. The number of aryl methyl sites for hydroxylation is 1. The second-order valence-corrected chi connectivity index (χ2v) is 8.25. The monoisotopic (exact) mass is 491 g/mol. The molecule has 3 aromatic heterocycles. The van der Waals surface area contributed by atoms with E-state index in [0.717, 1.165) is 11.9 Å². The molecule has 0 aliphatic rings. The van der Waals surface area contributed by atoms with Gasteiger partial charge in [-0.25, -0.2) is 14.1 Å². The number of halogens is 2. The third kappa shape index (κ3) is 4.99. The number of amides is 1. The lowest BCUT2D eigenvalue weighted by Gasteiger charge is -2.15. The van der Waals surface area contributed by atoms with Crippen LogP contribution in [0.25, 0.3) is 22.6 Å². The predicted octanol–water partition coefficient (Wildman–Crippen LogP) is 4.39. The van der Waals surface area contributed by atoms with E-state index in [2.05, 4.69) is 20.4 Å². The molecule has 4 aromatic rings. The average molecular weight is 492 g/mol. The Morgan fingerprint density at radius 3 is 2.69 bits per heavy atom. The van der Waals surface area contributed by atoms with Crippen LogP contribution in [0.1, 0.15) is 29.9 Å². The van der Waals surface area contributed by atoms with E-state index in [4.69, 9.17) is 23.1 Å². The van der Waals surface area contributed by atoms with Gasteiger partial charge in [0.05, 0.1) is 28.0 Å². The number of benzene rings is 1. The van der Waals surface area contributed by atoms with Gasteiger partial charge in [0.1, 0.15) is 11.6 Å². The van der Waals surface area contributed by atoms with Crippen LogP contribution in [0.15, 0.2) is 67.0 Å². The summed E-state index contributed by atoms with van der Waals surface area (Å²) in [4.78, 5) is 20.6. The Labute approximate surface area is 206 Å². The van der Waals surface area contributed by atoms with Crippen LogP contribution in [-0.2, 0) is 4.79 Å². The first-order valence-electron chi connectivity index (χ1n) is 10.7. The van der Waals surface area contributed by atoms with E-state index in [-0.39, 0.29) is 10.6 Å². The highest BCUT2D eigenvalue weighted by molar-refractivity contribution is 6.30. The number of nitrogens with one attached hydrogen (secondary N) is 1. The van der Waals surface area contributed by atoms with Gasteiger partial charge in [0.25, 0.3) is 5.91 Å². The molecule has 178 valence electrons. The maximum atomic E-state index is 14.6. The van der Waals surface area contributed by atoms with Crippen molar-refractivity contribution in [2.75, 3.05) is 5.32 Å². The van der Waals surface area contributed by atoms with E-state index in [9.17, 15) is 9.18 Å². The molecule has 0 radical (unpaired) electrons. The molecule has 1 aromatic carbocycles. The van der Waals surface area contributed by atoms with Gasteiger partial charge >= 0.3 is 0 Å². The largest absolute Gasteiger partial charge is 0.404 e. The highest BCUT2D eigenvalue weighted by atomic mass is 35.5. The maximum absolute atomic E-state index is 14.6. The lowest BCUT2D eigenvalue weighted by atomic mass is 10.1. The lowest BCUT2D eigenvalue weighted by molar-refractivity contribution is -0.112. The van der Waals surface area contributed by atoms with E-state index in [0.29, 0.717) is 34.2 Å². The molecule has 5 N–H and O–H groups in total.